The van der Waals surface area contributed by atoms with Crippen LogP contribution in [0, 0.1) is 11.9 Å². The Hall–Kier alpha value is -1.90. The molecule has 3 rings (SSSR count). The fraction of sp³-hybridized carbons (Fsp3) is 0.500. The third kappa shape index (κ3) is 4.59. The second-order valence-electron chi connectivity index (χ2n) is 7.34. The van der Waals surface area contributed by atoms with Crippen LogP contribution >= 0.6 is 0 Å². The zero-order chi connectivity index (χ0) is 17.6. The molecule has 0 bridgehead atoms. The lowest BCUT2D eigenvalue weighted by Gasteiger charge is -2.29. The summed E-state index contributed by atoms with van der Waals surface area (Å²) >= 11 is 0. The molecule has 0 radical (unpaired) electrons. The number of hydrogen-bond donors (Lipinski definition) is 1. The van der Waals surface area contributed by atoms with E-state index in [-0.39, 0.29) is 0 Å². The number of nitrogens with zero attached hydrogens (tertiary/aromatic N) is 1. The number of halogens is 1. The summed E-state index contributed by atoms with van der Waals surface area (Å²) in [6, 6.07) is 11.3. The number of rotatable bonds is 6. The molecule has 1 N–H and O–H groups in total. The van der Waals surface area contributed by atoms with Crippen LogP contribution < -0.4 is 0 Å². The van der Waals surface area contributed by atoms with Crippen LogP contribution in [-0.4, -0.2) is 10.1 Å². The minimum atomic E-state index is -0.817. The first-order valence-corrected chi connectivity index (χ1v) is 9.63. The largest absolute Gasteiger partial charge is 0.504 e. The molecule has 0 amide bonds. The molecule has 1 aromatic carbocycles. The molecule has 0 aliphatic heterocycles. The fourth-order valence-corrected chi connectivity index (χ4v) is 3.98. The van der Waals surface area contributed by atoms with Crippen LogP contribution in [-0.2, 0) is 0 Å². The van der Waals surface area contributed by atoms with Gasteiger partial charge in [0.15, 0.2) is 5.75 Å². The SMILES string of the molecule is CCCCC[C@H]1CC[C@H](c2ccc(-c3ccc(O)c(F)n3)cc2)CC1. The van der Waals surface area contributed by atoms with Crippen LogP contribution in [0.4, 0.5) is 4.39 Å². The van der Waals surface area contributed by atoms with Gasteiger partial charge in [-0.2, -0.15) is 4.39 Å². The van der Waals surface area contributed by atoms with Gasteiger partial charge < -0.3 is 5.11 Å². The molecule has 2 nitrogen and oxygen atoms in total. The maximum absolute atomic E-state index is 13.4. The zero-order valence-electron chi connectivity index (χ0n) is 15.0. The van der Waals surface area contributed by atoms with Crippen molar-refractivity contribution < 1.29 is 9.50 Å². The van der Waals surface area contributed by atoms with Crippen molar-refractivity contribution in [2.75, 3.05) is 0 Å². The molecule has 2 aromatic rings. The molecule has 3 heteroatoms. The maximum atomic E-state index is 13.4. The van der Waals surface area contributed by atoms with Gasteiger partial charge in [0.1, 0.15) is 0 Å². The van der Waals surface area contributed by atoms with Crippen molar-refractivity contribution in [3.8, 4) is 17.0 Å². The Balaban J connectivity index is 1.59. The van der Waals surface area contributed by atoms with Gasteiger partial charge in [0.25, 0.3) is 5.95 Å². The minimum Gasteiger partial charge on any atom is -0.504 e. The Morgan fingerprint density at radius 3 is 2.36 bits per heavy atom. The molecule has 1 saturated carbocycles. The third-order valence-electron chi connectivity index (χ3n) is 5.57. The summed E-state index contributed by atoms with van der Waals surface area (Å²) < 4.78 is 13.4. The molecule has 0 saturated heterocycles. The van der Waals surface area contributed by atoms with E-state index >= 15 is 0 Å². The van der Waals surface area contributed by atoms with E-state index in [1.165, 1.54) is 63.0 Å². The number of unbranched alkanes of at least 4 members (excludes halogenated alkanes) is 2. The molecule has 0 unspecified atom stereocenters. The number of aromatic hydroxyl groups is 1. The van der Waals surface area contributed by atoms with Crippen LogP contribution in [0.15, 0.2) is 36.4 Å². The summed E-state index contributed by atoms with van der Waals surface area (Å²) in [5.41, 5.74) is 2.83. The van der Waals surface area contributed by atoms with Crippen molar-refractivity contribution in [1.82, 2.24) is 4.98 Å². The van der Waals surface area contributed by atoms with Crippen molar-refractivity contribution in [3.63, 3.8) is 0 Å². The van der Waals surface area contributed by atoms with Gasteiger partial charge in [-0.1, -0.05) is 56.9 Å². The van der Waals surface area contributed by atoms with E-state index < -0.39 is 11.7 Å². The predicted molar refractivity (Wildman–Crippen MR) is 100 cm³/mol. The van der Waals surface area contributed by atoms with Crippen LogP contribution in [0.5, 0.6) is 5.75 Å². The summed E-state index contributed by atoms with van der Waals surface area (Å²) in [5, 5.41) is 9.26. The van der Waals surface area contributed by atoms with Gasteiger partial charge in [0.05, 0.1) is 5.69 Å². The highest BCUT2D eigenvalue weighted by molar-refractivity contribution is 5.60. The average molecular weight is 341 g/mol. The Labute approximate surface area is 150 Å². The monoisotopic (exact) mass is 341 g/mol. The normalized spacial score (nSPS) is 20.6. The van der Waals surface area contributed by atoms with E-state index in [1.807, 2.05) is 12.1 Å². The van der Waals surface area contributed by atoms with Crippen LogP contribution in [0.1, 0.15) is 69.8 Å². The highest BCUT2D eigenvalue weighted by Crippen LogP contribution is 2.38. The van der Waals surface area contributed by atoms with Crippen molar-refractivity contribution >= 4 is 0 Å². The van der Waals surface area contributed by atoms with E-state index in [9.17, 15) is 9.50 Å². The molecule has 1 fully saturated rings. The van der Waals surface area contributed by atoms with E-state index in [2.05, 4.69) is 24.0 Å². The summed E-state index contributed by atoms with van der Waals surface area (Å²) in [4.78, 5) is 3.81. The number of aromatic nitrogens is 1. The standard InChI is InChI=1S/C22H28FNO/c1-2-3-4-5-16-6-8-17(9-7-16)18-10-12-19(13-11-18)20-14-15-21(25)22(23)24-20/h10-17,25H,2-9H2,1H3/t16-,17-. The Kier molecular flexibility index (Phi) is 6.06. The first-order valence-electron chi connectivity index (χ1n) is 9.63. The third-order valence-corrected chi connectivity index (χ3v) is 5.57. The summed E-state index contributed by atoms with van der Waals surface area (Å²) in [6.07, 6.45) is 10.7. The average Bonchev–Trinajstić information content (AvgIpc) is 2.65. The van der Waals surface area contributed by atoms with Gasteiger partial charge >= 0.3 is 0 Å². The van der Waals surface area contributed by atoms with Gasteiger partial charge in [-0.05, 0) is 55.2 Å². The number of pyridine rings is 1. The zero-order valence-corrected chi connectivity index (χ0v) is 15.0. The molecule has 25 heavy (non-hydrogen) atoms. The maximum Gasteiger partial charge on any atom is 0.255 e. The van der Waals surface area contributed by atoms with Crippen molar-refractivity contribution in [3.05, 3.63) is 47.9 Å². The van der Waals surface area contributed by atoms with Gasteiger partial charge in [0, 0.05) is 5.56 Å². The first kappa shape index (κ1) is 17.9. The van der Waals surface area contributed by atoms with E-state index in [0.717, 1.165) is 11.5 Å². The molecular formula is C22H28FNO. The molecule has 0 atom stereocenters. The lowest BCUT2D eigenvalue weighted by molar-refractivity contribution is 0.303. The number of benzene rings is 1. The molecule has 0 spiro atoms. The fourth-order valence-electron chi connectivity index (χ4n) is 3.98. The minimum absolute atomic E-state index is 0.406. The van der Waals surface area contributed by atoms with Gasteiger partial charge in [0.2, 0.25) is 0 Å². The number of hydrogen-bond acceptors (Lipinski definition) is 2. The van der Waals surface area contributed by atoms with Gasteiger partial charge in [-0.25, -0.2) is 4.98 Å². The van der Waals surface area contributed by atoms with Crippen LogP contribution in [0.25, 0.3) is 11.3 Å². The lowest BCUT2D eigenvalue weighted by Crippen LogP contribution is -2.13. The van der Waals surface area contributed by atoms with Gasteiger partial charge in [-0.15, -0.1) is 0 Å². The van der Waals surface area contributed by atoms with E-state index in [1.54, 1.807) is 6.07 Å². The Morgan fingerprint density at radius 1 is 1.00 bits per heavy atom. The second-order valence-corrected chi connectivity index (χ2v) is 7.34. The molecular weight excluding hydrogens is 313 g/mol. The Morgan fingerprint density at radius 2 is 1.72 bits per heavy atom. The first-order chi connectivity index (χ1) is 12.2. The quantitative estimate of drug-likeness (QED) is 0.484. The van der Waals surface area contributed by atoms with Crippen molar-refractivity contribution in [1.29, 1.82) is 0 Å². The van der Waals surface area contributed by atoms with Crippen LogP contribution in [0.2, 0.25) is 0 Å². The summed E-state index contributed by atoms with van der Waals surface area (Å²) in [5.74, 6) is 0.353. The summed E-state index contributed by atoms with van der Waals surface area (Å²) in [6.45, 7) is 2.27. The van der Waals surface area contributed by atoms with Crippen molar-refractivity contribution in [2.24, 2.45) is 5.92 Å². The molecule has 1 aromatic heterocycles. The van der Waals surface area contributed by atoms with E-state index in [0.29, 0.717) is 11.6 Å². The van der Waals surface area contributed by atoms with E-state index in [4.69, 9.17) is 0 Å². The van der Waals surface area contributed by atoms with Crippen molar-refractivity contribution in [2.45, 2.75) is 64.2 Å². The topological polar surface area (TPSA) is 33.1 Å². The lowest BCUT2D eigenvalue weighted by atomic mass is 9.77. The summed E-state index contributed by atoms with van der Waals surface area (Å²) in [7, 11) is 0. The van der Waals surface area contributed by atoms with Gasteiger partial charge in [-0.3, -0.25) is 0 Å². The second kappa shape index (κ2) is 8.46. The van der Waals surface area contributed by atoms with Crippen LogP contribution in [0.3, 0.4) is 0 Å². The molecule has 134 valence electrons. The molecule has 1 aliphatic carbocycles. The molecule has 1 heterocycles. The Bertz CT molecular complexity index is 675. The highest BCUT2D eigenvalue weighted by Gasteiger charge is 2.22. The smallest absolute Gasteiger partial charge is 0.255 e. The predicted octanol–water partition coefficient (Wildman–Crippen LogP) is 6.45. The molecule has 1 aliphatic rings. The highest BCUT2D eigenvalue weighted by atomic mass is 19.1.